The van der Waals surface area contributed by atoms with Crippen molar-refractivity contribution < 1.29 is 14.4 Å². The van der Waals surface area contributed by atoms with Crippen molar-refractivity contribution in [2.45, 2.75) is 26.2 Å². The average Bonchev–Trinajstić information content (AvgIpc) is 2.89. The van der Waals surface area contributed by atoms with E-state index >= 15 is 0 Å². The van der Waals surface area contributed by atoms with Gasteiger partial charge in [-0.1, -0.05) is 48.3 Å². The van der Waals surface area contributed by atoms with Crippen molar-refractivity contribution in [2.75, 3.05) is 0 Å². The van der Waals surface area contributed by atoms with E-state index in [1.165, 1.54) is 0 Å². The van der Waals surface area contributed by atoms with Crippen LogP contribution in [0.4, 0.5) is 0 Å². The van der Waals surface area contributed by atoms with Gasteiger partial charge in [0.15, 0.2) is 5.82 Å². The van der Waals surface area contributed by atoms with E-state index < -0.39 is 11.9 Å². The van der Waals surface area contributed by atoms with Crippen LogP contribution in [0.1, 0.15) is 37.0 Å². The van der Waals surface area contributed by atoms with E-state index in [0.29, 0.717) is 28.2 Å². The van der Waals surface area contributed by atoms with E-state index in [2.05, 4.69) is 10.1 Å². The van der Waals surface area contributed by atoms with Crippen LogP contribution in [0.3, 0.4) is 0 Å². The minimum Gasteiger partial charge on any atom is -0.481 e. The molecule has 1 N–H and O–H groups in total. The molecule has 112 valence electrons. The predicted molar refractivity (Wildman–Crippen MR) is 78.8 cm³/mol. The Morgan fingerprint density at radius 2 is 2.05 bits per heavy atom. The Morgan fingerprint density at radius 3 is 2.67 bits per heavy atom. The van der Waals surface area contributed by atoms with Gasteiger partial charge in [0.1, 0.15) is 0 Å². The summed E-state index contributed by atoms with van der Waals surface area (Å²) in [6.07, 6.45) is 0.439. The maximum Gasteiger partial charge on any atom is 0.307 e. The molecule has 7 heteroatoms. The van der Waals surface area contributed by atoms with Crippen LogP contribution >= 0.6 is 23.2 Å². The number of rotatable bonds is 5. The molecule has 0 radical (unpaired) electrons. The SMILES string of the molecule is CC(C(=O)O)C(C)c1nc(Cc2ccc(Cl)c(Cl)c2)no1. The first-order chi connectivity index (χ1) is 9.88. The number of carbonyl (C=O) groups is 1. The number of aromatic nitrogens is 2. The second kappa shape index (κ2) is 6.45. The van der Waals surface area contributed by atoms with Crippen LogP contribution in [0.5, 0.6) is 0 Å². The highest BCUT2D eigenvalue weighted by atomic mass is 35.5. The lowest BCUT2D eigenvalue weighted by Crippen LogP contribution is -2.16. The van der Waals surface area contributed by atoms with Crippen LogP contribution in [0.2, 0.25) is 10.0 Å². The first-order valence-corrected chi connectivity index (χ1v) is 7.13. The molecule has 0 bridgehead atoms. The third-order valence-corrected chi connectivity index (χ3v) is 4.10. The minimum atomic E-state index is -0.897. The largest absolute Gasteiger partial charge is 0.481 e. The van der Waals surface area contributed by atoms with Crippen molar-refractivity contribution in [3.05, 3.63) is 45.5 Å². The number of hydrogen-bond donors (Lipinski definition) is 1. The number of benzene rings is 1. The van der Waals surface area contributed by atoms with Gasteiger partial charge in [0, 0.05) is 12.3 Å². The lowest BCUT2D eigenvalue weighted by atomic mass is 9.96. The molecule has 0 fully saturated rings. The average molecular weight is 329 g/mol. The number of halogens is 2. The standard InChI is InChI=1S/C14H14Cl2N2O3/c1-7(8(2)14(19)20)13-17-12(18-21-13)6-9-3-4-10(15)11(16)5-9/h3-5,7-8H,6H2,1-2H3,(H,19,20). The summed E-state index contributed by atoms with van der Waals surface area (Å²) in [5, 5.41) is 13.8. The van der Waals surface area contributed by atoms with Crippen molar-refractivity contribution >= 4 is 29.2 Å². The van der Waals surface area contributed by atoms with E-state index in [-0.39, 0.29) is 5.92 Å². The third-order valence-electron chi connectivity index (χ3n) is 3.36. The Balaban J connectivity index is 2.13. The van der Waals surface area contributed by atoms with Gasteiger partial charge in [0.2, 0.25) is 5.89 Å². The molecule has 5 nitrogen and oxygen atoms in total. The predicted octanol–water partition coefficient (Wildman–Crippen LogP) is 3.79. The molecule has 2 aromatic rings. The Labute approximate surface area is 131 Å². The minimum absolute atomic E-state index is 0.319. The molecule has 1 aromatic carbocycles. The molecule has 0 aliphatic rings. The third kappa shape index (κ3) is 3.74. The van der Waals surface area contributed by atoms with Crippen molar-refractivity contribution in [3.8, 4) is 0 Å². The molecule has 2 rings (SSSR count). The Kier molecular flexibility index (Phi) is 4.85. The second-order valence-corrected chi connectivity index (χ2v) is 5.70. The Hall–Kier alpha value is -1.59. The number of hydrogen-bond acceptors (Lipinski definition) is 4. The zero-order chi connectivity index (χ0) is 15.6. The molecule has 1 heterocycles. The number of aliphatic carboxylic acids is 1. The molecule has 21 heavy (non-hydrogen) atoms. The van der Waals surface area contributed by atoms with Crippen LogP contribution in [0, 0.1) is 5.92 Å². The summed E-state index contributed by atoms with van der Waals surface area (Å²) in [4.78, 5) is 15.2. The van der Waals surface area contributed by atoms with E-state index in [1.54, 1.807) is 26.0 Å². The lowest BCUT2D eigenvalue weighted by Gasteiger charge is -2.10. The molecule has 2 unspecified atom stereocenters. The molecule has 1 aromatic heterocycles. The van der Waals surface area contributed by atoms with E-state index in [1.807, 2.05) is 6.07 Å². The maximum atomic E-state index is 11.0. The van der Waals surface area contributed by atoms with Crippen LogP contribution in [-0.2, 0) is 11.2 Å². The van der Waals surface area contributed by atoms with Crippen molar-refractivity contribution in [1.82, 2.24) is 10.1 Å². The van der Waals surface area contributed by atoms with Gasteiger partial charge in [-0.25, -0.2) is 0 Å². The zero-order valence-electron chi connectivity index (χ0n) is 11.5. The quantitative estimate of drug-likeness (QED) is 0.903. The fourth-order valence-electron chi connectivity index (χ4n) is 1.78. The molecular formula is C14H14Cl2N2O3. The first kappa shape index (κ1) is 15.8. The molecular weight excluding hydrogens is 315 g/mol. The smallest absolute Gasteiger partial charge is 0.307 e. The van der Waals surface area contributed by atoms with Gasteiger partial charge in [-0.15, -0.1) is 0 Å². The summed E-state index contributed by atoms with van der Waals surface area (Å²) < 4.78 is 5.14. The number of nitrogens with zero attached hydrogens (tertiary/aromatic N) is 2. The van der Waals surface area contributed by atoms with E-state index in [9.17, 15) is 4.79 Å². The van der Waals surface area contributed by atoms with Gasteiger partial charge in [-0.05, 0) is 17.7 Å². The van der Waals surface area contributed by atoms with Gasteiger partial charge in [0.05, 0.1) is 16.0 Å². The second-order valence-electron chi connectivity index (χ2n) is 4.89. The summed E-state index contributed by atoms with van der Waals surface area (Å²) >= 11 is 11.8. The van der Waals surface area contributed by atoms with Gasteiger partial charge in [-0.3, -0.25) is 4.79 Å². The fraction of sp³-hybridized carbons (Fsp3) is 0.357. The maximum absolute atomic E-state index is 11.0. The summed E-state index contributed by atoms with van der Waals surface area (Å²) in [6.45, 7) is 3.35. The van der Waals surface area contributed by atoms with E-state index in [4.69, 9.17) is 32.8 Å². The molecule has 0 spiro atoms. The van der Waals surface area contributed by atoms with Crippen molar-refractivity contribution in [2.24, 2.45) is 5.92 Å². The fourth-order valence-corrected chi connectivity index (χ4v) is 2.10. The summed E-state index contributed by atoms with van der Waals surface area (Å²) in [5.41, 5.74) is 0.899. The topological polar surface area (TPSA) is 76.2 Å². The zero-order valence-corrected chi connectivity index (χ0v) is 13.0. The van der Waals surface area contributed by atoms with Gasteiger partial charge < -0.3 is 9.63 Å². The summed E-state index contributed by atoms with van der Waals surface area (Å²) in [5.74, 6) is -1.04. The highest BCUT2D eigenvalue weighted by Gasteiger charge is 2.25. The first-order valence-electron chi connectivity index (χ1n) is 6.37. The molecule has 0 amide bonds. The molecule has 2 atom stereocenters. The van der Waals surface area contributed by atoms with Gasteiger partial charge in [0.25, 0.3) is 0 Å². The lowest BCUT2D eigenvalue weighted by molar-refractivity contribution is -0.141. The Morgan fingerprint density at radius 1 is 1.33 bits per heavy atom. The Bertz CT molecular complexity index is 657. The van der Waals surface area contributed by atoms with Crippen LogP contribution in [0.25, 0.3) is 0 Å². The van der Waals surface area contributed by atoms with Crippen molar-refractivity contribution in [1.29, 1.82) is 0 Å². The summed E-state index contributed by atoms with van der Waals surface area (Å²) in [6, 6.07) is 5.27. The molecule has 0 aliphatic carbocycles. The molecule has 0 aliphatic heterocycles. The van der Waals surface area contributed by atoms with Crippen LogP contribution < -0.4 is 0 Å². The highest BCUT2D eigenvalue weighted by Crippen LogP contribution is 2.25. The van der Waals surface area contributed by atoms with Gasteiger partial charge in [-0.2, -0.15) is 4.98 Å². The number of carboxylic acids is 1. The van der Waals surface area contributed by atoms with Gasteiger partial charge >= 0.3 is 5.97 Å². The monoisotopic (exact) mass is 328 g/mol. The molecule has 0 saturated carbocycles. The normalized spacial score (nSPS) is 13.9. The highest BCUT2D eigenvalue weighted by molar-refractivity contribution is 6.42. The van der Waals surface area contributed by atoms with Crippen LogP contribution in [-0.4, -0.2) is 21.2 Å². The molecule has 0 saturated heterocycles. The number of carboxylic acid groups (broad SMARTS) is 1. The van der Waals surface area contributed by atoms with E-state index in [0.717, 1.165) is 5.56 Å². The van der Waals surface area contributed by atoms with Crippen molar-refractivity contribution in [3.63, 3.8) is 0 Å². The van der Waals surface area contributed by atoms with Crippen LogP contribution in [0.15, 0.2) is 22.7 Å². The summed E-state index contributed by atoms with van der Waals surface area (Å²) in [7, 11) is 0.